The van der Waals surface area contributed by atoms with E-state index in [-0.39, 0.29) is 5.56 Å². The molecule has 2 heterocycles. The Balaban J connectivity index is 2.16. The average Bonchev–Trinajstić information content (AvgIpc) is 2.46. The zero-order chi connectivity index (χ0) is 14.1. The van der Waals surface area contributed by atoms with Crippen LogP contribution >= 0.6 is 12.2 Å². The number of aryl methyl sites for hydroxylation is 1. The molecule has 0 spiro atoms. The Morgan fingerprint density at radius 3 is 3.00 bits per heavy atom. The monoisotopic (exact) mass is 287 g/mol. The van der Waals surface area contributed by atoms with Crippen LogP contribution in [0.15, 0.2) is 30.3 Å². The van der Waals surface area contributed by atoms with Crippen LogP contribution < -0.4 is 4.90 Å². The van der Waals surface area contributed by atoms with Crippen LogP contribution in [0.3, 0.4) is 0 Å². The van der Waals surface area contributed by atoms with Gasteiger partial charge in [-0.15, -0.1) is 0 Å². The maximum Gasteiger partial charge on any atom is 0.339 e. The maximum absolute atomic E-state index is 11.4. The minimum atomic E-state index is -1.02. The van der Waals surface area contributed by atoms with E-state index in [0.717, 1.165) is 25.1 Å². The summed E-state index contributed by atoms with van der Waals surface area (Å²) in [6, 6.07) is 9.43. The molecule has 2 aromatic rings. The average molecular weight is 287 g/mol. The molecule has 0 amide bonds. The van der Waals surface area contributed by atoms with Crippen LogP contribution in [0, 0.1) is 4.64 Å². The summed E-state index contributed by atoms with van der Waals surface area (Å²) in [7, 11) is 0. The van der Waals surface area contributed by atoms with Crippen LogP contribution in [0.25, 0.3) is 0 Å². The number of benzene rings is 1. The fourth-order valence-electron chi connectivity index (χ4n) is 2.51. The molecule has 6 heteroatoms. The number of carboxylic acids is 1. The highest BCUT2D eigenvalue weighted by molar-refractivity contribution is 7.71. The van der Waals surface area contributed by atoms with Crippen LogP contribution in [0.4, 0.5) is 11.5 Å². The lowest BCUT2D eigenvalue weighted by Gasteiger charge is -2.30. The number of hydrogen-bond donors (Lipinski definition) is 2. The number of H-pyrrole nitrogens is 1. The van der Waals surface area contributed by atoms with Crippen LogP contribution in [0.1, 0.15) is 22.3 Å². The third-order valence-corrected chi connectivity index (χ3v) is 3.59. The van der Waals surface area contributed by atoms with Gasteiger partial charge in [0.05, 0.1) is 0 Å². The summed E-state index contributed by atoms with van der Waals surface area (Å²) < 4.78 is 0.316. The Morgan fingerprint density at radius 1 is 1.40 bits per heavy atom. The van der Waals surface area contributed by atoms with Gasteiger partial charge in [0.1, 0.15) is 10.2 Å². The summed E-state index contributed by atoms with van der Waals surface area (Å²) >= 11 is 4.96. The van der Waals surface area contributed by atoms with Crippen molar-refractivity contribution in [2.75, 3.05) is 11.4 Å². The molecule has 20 heavy (non-hydrogen) atoms. The topological polar surface area (TPSA) is 69.2 Å². The third kappa shape index (κ3) is 2.18. The molecule has 102 valence electrons. The fourth-order valence-corrected chi connectivity index (χ4v) is 2.68. The second kappa shape index (κ2) is 5.05. The number of rotatable bonds is 2. The summed E-state index contributed by atoms with van der Waals surface area (Å²) in [6.07, 6.45) is 1.96. The van der Waals surface area contributed by atoms with E-state index in [1.165, 1.54) is 11.6 Å². The number of fused-ring (bicyclic) bond motifs is 1. The molecular formula is C14H13N3O2S. The molecule has 2 N–H and O–H groups in total. The summed E-state index contributed by atoms with van der Waals surface area (Å²) in [6.45, 7) is 0.745. The van der Waals surface area contributed by atoms with Gasteiger partial charge in [-0.3, -0.25) is 5.10 Å². The van der Waals surface area contributed by atoms with Crippen molar-refractivity contribution in [3.63, 3.8) is 0 Å². The highest BCUT2D eigenvalue weighted by atomic mass is 32.1. The second-order valence-electron chi connectivity index (χ2n) is 4.66. The number of carbonyl (C=O) groups is 1. The molecular weight excluding hydrogens is 274 g/mol. The van der Waals surface area contributed by atoms with Crippen LogP contribution in [-0.4, -0.2) is 27.8 Å². The molecule has 1 aliphatic rings. The first-order chi connectivity index (χ1) is 9.66. The van der Waals surface area contributed by atoms with Crippen LogP contribution in [0.5, 0.6) is 0 Å². The number of anilines is 2. The Kier molecular flexibility index (Phi) is 3.23. The first kappa shape index (κ1) is 12.8. The van der Waals surface area contributed by atoms with Gasteiger partial charge in [-0.25, -0.2) is 4.79 Å². The van der Waals surface area contributed by atoms with E-state index in [1.54, 1.807) is 0 Å². The van der Waals surface area contributed by atoms with Gasteiger partial charge >= 0.3 is 5.97 Å². The predicted octanol–water partition coefficient (Wildman–Crippen LogP) is 2.92. The number of aromatic nitrogens is 2. The molecule has 0 fully saturated rings. The molecule has 0 unspecified atom stereocenters. The Morgan fingerprint density at radius 2 is 2.20 bits per heavy atom. The van der Waals surface area contributed by atoms with E-state index in [0.29, 0.717) is 10.5 Å². The predicted molar refractivity (Wildman–Crippen MR) is 78.2 cm³/mol. The first-order valence-electron chi connectivity index (χ1n) is 6.35. The van der Waals surface area contributed by atoms with E-state index >= 15 is 0 Å². The molecule has 0 radical (unpaired) electrons. The van der Waals surface area contributed by atoms with E-state index in [9.17, 15) is 9.90 Å². The number of nitrogens with zero attached hydrogens (tertiary/aromatic N) is 2. The van der Waals surface area contributed by atoms with Crippen molar-refractivity contribution in [1.29, 1.82) is 0 Å². The quantitative estimate of drug-likeness (QED) is 0.831. The van der Waals surface area contributed by atoms with E-state index < -0.39 is 5.97 Å². The molecule has 0 aliphatic carbocycles. The Bertz CT molecular complexity index is 726. The van der Waals surface area contributed by atoms with Crippen LogP contribution in [0.2, 0.25) is 0 Å². The summed E-state index contributed by atoms with van der Waals surface area (Å²) in [4.78, 5) is 13.3. The van der Waals surface area contributed by atoms with Crippen LogP contribution in [-0.2, 0) is 6.42 Å². The minimum Gasteiger partial charge on any atom is -0.478 e. The van der Waals surface area contributed by atoms with Gasteiger partial charge in [-0.1, -0.05) is 30.4 Å². The summed E-state index contributed by atoms with van der Waals surface area (Å²) in [5, 5.41) is 16.2. The van der Waals surface area contributed by atoms with Crippen molar-refractivity contribution < 1.29 is 9.90 Å². The second-order valence-corrected chi connectivity index (χ2v) is 5.10. The van der Waals surface area contributed by atoms with Gasteiger partial charge in [0.15, 0.2) is 5.82 Å². The zero-order valence-electron chi connectivity index (χ0n) is 10.7. The Hall–Kier alpha value is -2.21. The van der Waals surface area contributed by atoms with E-state index in [4.69, 9.17) is 12.2 Å². The van der Waals surface area contributed by atoms with Gasteiger partial charge in [-0.05, 0) is 30.5 Å². The number of para-hydroxylation sites is 1. The standard InChI is InChI=1S/C14H13N3O2S/c18-14(19)10-8-12(20)15-16-13(10)17-7-3-5-9-4-1-2-6-11(9)17/h1-2,4,6,8H,3,5,7H2,(H,15,20)(H,18,19). The zero-order valence-corrected chi connectivity index (χ0v) is 11.5. The highest BCUT2D eigenvalue weighted by Gasteiger charge is 2.23. The molecule has 0 atom stereocenters. The van der Waals surface area contributed by atoms with Crippen molar-refractivity contribution in [3.05, 3.63) is 46.1 Å². The Labute approximate surface area is 120 Å². The van der Waals surface area contributed by atoms with Crippen molar-refractivity contribution in [1.82, 2.24) is 10.2 Å². The van der Waals surface area contributed by atoms with E-state index in [1.807, 2.05) is 23.1 Å². The maximum atomic E-state index is 11.4. The first-order valence-corrected chi connectivity index (χ1v) is 6.76. The number of aromatic amines is 1. The van der Waals surface area contributed by atoms with Crippen molar-refractivity contribution >= 4 is 29.7 Å². The van der Waals surface area contributed by atoms with Gasteiger partial charge in [0, 0.05) is 12.2 Å². The fraction of sp³-hybridized carbons (Fsp3) is 0.214. The summed E-state index contributed by atoms with van der Waals surface area (Å²) in [5.41, 5.74) is 2.35. The number of aromatic carboxylic acids is 1. The minimum absolute atomic E-state index is 0.130. The molecule has 1 aromatic carbocycles. The number of carboxylic acid groups (broad SMARTS) is 1. The smallest absolute Gasteiger partial charge is 0.339 e. The lowest BCUT2D eigenvalue weighted by Crippen LogP contribution is -2.27. The number of hydrogen-bond acceptors (Lipinski definition) is 4. The van der Waals surface area contributed by atoms with Gasteiger partial charge < -0.3 is 10.0 Å². The number of nitrogens with one attached hydrogen (secondary N) is 1. The van der Waals surface area contributed by atoms with Crippen molar-refractivity contribution in [2.45, 2.75) is 12.8 Å². The van der Waals surface area contributed by atoms with Gasteiger partial charge in [0.25, 0.3) is 0 Å². The largest absolute Gasteiger partial charge is 0.478 e. The molecule has 5 nitrogen and oxygen atoms in total. The highest BCUT2D eigenvalue weighted by Crippen LogP contribution is 2.33. The molecule has 1 aromatic heterocycles. The van der Waals surface area contributed by atoms with Gasteiger partial charge in [-0.2, -0.15) is 5.10 Å². The van der Waals surface area contributed by atoms with E-state index in [2.05, 4.69) is 16.3 Å². The molecule has 0 saturated carbocycles. The molecule has 3 rings (SSSR count). The lowest BCUT2D eigenvalue weighted by atomic mass is 10.0. The normalized spacial score (nSPS) is 13.9. The lowest BCUT2D eigenvalue weighted by molar-refractivity contribution is 0.0697. The summed E-state index contributed by atoms with van der Waals surface area (Å²) in [5.74, 6) is -0.603. The third-order valence-electron chi connectivity index (χ3n) is 3.38. The SMILES string of the molecule is O=C(O)c1cc(=S)[nH]nc1N1CCCc2ccccc21. The van der Waals surface area contributed by atoms with Crippen molar-refractivity contribution in [3.8, 4) is 0 Å². The molecule has 0 bridgehead atoms. The van der Waals surface area contributed by atoms with Gasteiger partial charge in [0.2, 0.25) is 0 Å². The molecule has 0 saturated heterocycles. The molecule has 1 aliphatic heterocycles. The van der Waals surface area contributed by atoms with Crippen molar-refractivity contribution in [2.24, 2.45) is 0 Å².